The highest BCUT2D eigenvalue weighted by atomic mass is 19.1. The highest BCUT2D eigenvalue weighted by molar-refractivity contribution is 6.06. The third-order valence-electron chi connectivity index (χ3n) is 2.80. The second kappa shape index (κ2) is 4.68. The molecule has 1 aromatic carbocycles. The first-order valence-corrected chi connectivity index (χ1v) is 5.44. The Morgan fingerprint density at radius 3 is 2.63 bits per heavy atom. The molecule has 1 amide bonds. The van der Waals surface area contributed by atoms with E-state index in [2.05, 4.69) is 10.4 Å². The van der Waals surface area contributed by atoms with Crippen molar-refractivity contribution in [3.8, 4) is 0 Å². The summed E-state index contributed by atoms with van der Waals surface area (Å²) in [6.07, 6.45) is 1.36. The third kappa shape index (κ3) is 2.40. The van der Waals surface area contributed by atoms with Crippen LogP contribution in [-0.2, 0) is 7.05 Å². The molecule has 1 heterocycles. The number of amides is 1. The molecule has 0 atom stereocenters. The fourth-order valence-electron chi connectivity index (χ4n) is 1.63. The van der Waals surface area contributed by atoms with Crippen LogP contribution in [0.1, 0.15) is 16.1 Å². The maximum atomic E-state index is 13.5. The van der Waals surface area contributed by atoms with Gasteiger partial charge in [-0.05, 0) is 13.0 Å². The number of nitrogens with two attached hydrogens (primary N) is 1. The van der Waals surface area contributed by atoms with E-state index in [0.717, 1.165) is 6.07 Å². The van der Waals surface area contributed by atoms with Gasteiger partial charge in [0.2, 0.25) is 0 Å². The van der Waals surface area contributed by atoms with Gasteiger partial charge in [-0.1, -0.05) is 0 Å². The number of benzene rings is 1. The van der Waals surface area contributed by atoms with Crippen LogP contribution < -0.4 is 11.1 Å². The van der Waals surface area contributed by atoms with Crippen molar-refractivity contribution in [1.29, 1.82) is 0 Å². The largest absolute Gasteiger partial charge is 0.397 e. The van der Waals surface area contributed by atoms with Gasteiger partial charge in [-0.15, -0.1) is 0 Å². The zero-order valence-electron chi connectivity index (χ0n) is 10.4. The lowest BCUT2D eigenvalue weighted by atomic mass is 10.2. The van der Waals surface area contributed by atoms with Crippen molar-refractivity contribution < 1.29 is 13.6 Å². The molecule has 0 saturated carbocycles. The van der Waals surface area contributed by atoms with Gasteiger partial charge in [0, 0.05) is 18.8 Å². The summed E-state index contributed by atoms with van der Waals surface area (Å²) in [4.78, 5) is 12.0. The number of nitrogen functional groups attached to an aromatic ring is 1. The Bertz CT molecular complexity index is 628. The monoisotopic (exact) mass is 266 g/mol. The SMILES string of the molecule is Cc1c(C(=O)Nc2c(N)cc(F)cc2F)cnn1C. The zero-order chi connectivity index (χ0) is 14.2. The van der Waals surface area contributed by atoms with Gasteiger partial charge < -0.3 is 11.1 Å². The van der Waals surface area contributed by atoms with Crippen LogP contribution in [0.15, 0.2) is 18.3 Å². The van der Waals surface area contributed by atoms with Gasteiger partial charge >= 0.3 is 0 Å². The minimum absolute atomic E-state index is 0.174. The average molecular weight is 266 g/mol. The van der Waals surface area contributed by atoms with E-state index in [4.69, 9.17) is 5.73 Å². The Morgan fingerprint density at radius 2 is 2.11 bits per heavy atom. The molecule has 0 bridgehead atoms. The van der Waals surface area contributed by atoms with E-state index in [-0.39, 0.29) is 11.4 Å². The molecule has 0 radical (unpaired) electrons. The molecule has 0 aliphatic rings. The predicted molar refractivity (Wildman–Crippen MR) is 66.7 cm³/mol. The lowest BCUT2D eigenvalue weighted by Gasteiger charge is -2.09. The molecule has 5 nitrogen and oxygen atoms in total. The summed E-state index contributed by atoms with van der Waals surface area (Å²) in [7, 11) is 1.68. The highest BCUT2D eigenvalue weighted by Gasteiger charge is 2.17. The average Bonchev–Trinajstić information content (AvgIpc) is 2.64. The van der Waals surface area contributed by atoms with Crippen molar-refractivity contribution >= 4 is 17.3 Å². The van der Waals surface area contributed by atoms with E-state index in [1.807, 2.05) is 0 Å². The van der Waals surface area contributed by atoms with E-state index >= 15 is 0 Å². The lowest BCUT2D eigenvalue weighted by molar-refractivity contribution is 0.102. The van der Waals surface area contributed by atoms with Gasteiger partial charge in [0.05, 0.1) is 17.4 Å². The third-order valence-corrected chi connectivity index (χ3v) is 2.80. The van der Waals surface area contributed by atoms with Crippen LogP contribution in [0, 0.1) is 18.6 Å². The van der Waals surface area contributed by atoms with Crippen molar-refractivity contribution in [2.45, 2.75) is 6.92 Å². The van der Waals surface area contributed by atoms with Crippen LogP contribution in [0.5, 0.6) is 0 Å². The van der Waals surface area contributed by atoms with Gasteiger partial charge in [0.25, 0.3) is 5.91 Å². The number of nitrogens with one attached hydrogen (secondary N) is 1. The number of hydrogen-bond donors (Lipinski definition) is 2. The molecule has 3 N–H and O–H groups in total. The van der Waals surface area contributed by atoms with Gasteiger partial charge in [0.1, 0.15) is 11.5 Å². The minimum atomic E-state index is -0.924. The Balaban J connectivity index is 2.32. The first-order chi connectivity index (χ1) is 8.90. The van der Waals surface area contributed by atoms with Gasteiger partial charge in [-0.3, -0.25) is 9.48 Å². The molecule has 1 aromatic heterocycles. The maximum Gasteiger partial charge on any atom is 0.259 e. The van der Waals surface area contributed by atoms with Crippen molar-refractivity contribution in [2.75, 3.05) is 11.1 Å². The Hall–Kier alpha value is -2.44. The number of aryl methyl sites for hydroxylation is 1. The van der Waals surface area contributed by atoms with Crippen molar-refractivity contribution in [3.63, 3.8) is 0 Å². The molecular formula is C12H12F2N4O. The first kappa shape index (κ1) is 13.0. The lowest BCUT2D eigenvalue weighted by Crippen LogP contribution is -2.15. The second-order valence-electron chi connectivity index (χ2n) is 4.07. The van der Waals surface area contributed by atoms with Crippen molar-refractivity contribution in [2.24, 2.45) is 7.05 Å². The topological polar surface area (TPSA) is 72.9 Å². The van der Waals surface area contributed by atoms with Crippen LogP contribution >= 0.6 is 0 Å². The number of anilines is 2. The van der Waals surface area contributed by atoms with Crippen LogP contribution in [0.4, 0.5) is 20.2 Å². The molecular weight excluding hydrogens is 254 g/mol. The number of halogens is 2. The summed E-state index contributed by atoms with van der Waals surface area (Å²) in [5.41, 5.74) is 5.98. The molecule has 2 rings (SSSR count). The van der Waals surface area contributed by atoms with Gasteiger partial charge in [-0.2, -0.15) is 5.10 Å². The molecule has 0 unspecified atom stereocenters. The van der Waals surface area contributed by atoms with Gasteiger partial charge in [-0.25, -0.2) is 8.78 Å². The van der Waals surface area contributed by atoms with E-state index in [1.54, 1.807) is 14.0 Å². The Kier molecular flexibility index (Phi) is 3.20. The standard InChI is InChI=1S/C12H12F2N4O/c1-6-8(5-16-18(6)2)12(19)17-11-9(14)3-7(13)4-10(11)15/h3-5H,15H2,1-2H3,(H,17,19). The predicted octanol–water partition coefficient (Wildman–Crippen LogP) is 1.84. The van der Waals surface area contributed by atoms with E-state index in [0.29, 0.717) is 17.3 Å². The number of rotatable bonds is 2. The van der Waals surface area contributed by atoms with Crippen LogP contribution in [0.3, 0.4) is 0 Å². The van der Waals surface area contributed by atoms with Crippen LogP contribution in [0.2, 0.25) is 0 Å². The van der Waals surface area contributed by atoms with E-state index < -0.39 is 17.5 Å². The van der Waals surface area contributed by atoms with Crippen molar-refractivity contribution in [1.82, 2.24) is 9.78 Å². The summed E-state index contributed by atoms with van der Waals surface area (Å²) in [5, 5.41) is 6.23. The summed E-state index contributed by atoms with van der Waals surface area (Å²) in [6.45, 7) is 1.70. The summed E-state index contributed by atoms with van der Waals surface area (Å²) >= 11 is 0. The number of aromatic nitrogens is 2. The highest BCUT2D eigenvalue weighted by Crippen LogP contribution is 2.24. The van der Waals surface area contributed by atoms with Gasteiger partial charge in [0.15, 0.2) is 5.82 Å². The maximum absolute atomic E-state index is 13.5. The molecule has 0 saturated heterocycles. The number of carbonyl (C=O) groups is 1. The zero-order valence-corrected chi connectivity index (χ0v) is 10.4. The first-order valence-electron chi connectivity index (χ1n) is 5.44. The fraction of sp³-hybridized carbons (Fsp3) is 0.167. The molecule has 0 aliphatic carbocycles. The number of hydrogen-bond acceptors (Lipinski definition) is 3. The number of nitrogens with zero attached hydrogens (tertiary/aromatic N) is 2. The van der Waals surface area contributed by atoms with Crippen molar-refractivity contribution in [3.05, 3.63) is 41.2 Å². The Morgan fingerprint density at radius 1 is 1.42 bits per heavy atom. The molecule has 0 aliphatic heterocycles. The fourth-order valence-corrected chi connectivity index (χ4v) is 1.63. The van der Waals surface area contributed by atoms with E-state index in [1.165, 1.54) is 10.9 Å². The molecule has 19 heavy (non-hydrogen) atoms. The molecule has 100 valence electrons. The second-order valence-corrected chi connectivity index (χ2v) is 4.07. The molecule has 0 spiro atoms. The number of carbonyl (C=O) groups excluding carboxylic acids is 1. The summed E-state index contributed by atoms with van der Waals surface area (Å²) in [5.74, 6) is -2.28. The Labute approximate surface area is 108 Å². The normalized spacial score (nSPS) is 10.5. The summed E-state index contributed by atoms with van der Waals surface area (Å²) in [6, 6.07) is 1.59. The molecule has 2 aromatic rings. The van der Waals surface area contributed by atoms with Crippen LogP contribution in [-0.4, -0.2) is 15.7 Å². The smallest absolute Gasteiger partial charge is 0.259 e. The quantitative estimate of drug-likeness (QED) is 0.815. The van der Waals surface area contributed by atoms with E-state index in [9.17, 15) is 13.6 Å². The summed E-state index contributed by atoms with van der Waals surface area (Å²) < 4.78 is 27.9. The molecule has 0 fully saturated rings. The molecule has 7 heteroatoms. The minimum Gasteiger partial charge on any atom is -0.397 e. The van der Waals surface area contributed by atoms with Crippen LogP contribution in [0.25, 0.3) is 0 Å².